The Morgan fingerprint density at radius 3 is 2.50 bits per heavy atom. The standard InChI is InChI=1S/C19H18F3N3O3/c1-12-8-13(18(26)17(9-12)25(27)28)11-23-15-10-14(19(20,21)22)4-5-16(15)24-6-2-3-7-24/h4-5,8-11,26H,2-3,6-7H2,1H3. The highest BCUT2D eigenvalue weighted by molar-refractivity contribution is 5.89. The van der Waals surface area contributed by atoms with Gasteiger partial charge in [-0.05, 0) is 49.6 Å². The first-order chi connectivity index (χ1) is 13.2. The molecule has 28 heavy (non-hydrogen) atoms. The van der Waals surface area contributed by atoms with E-state index in [1.807, 2.05) is 4.90 Å². The zero-order chi connectivity index (χ0) is 20.5. The maximum Gasteiger partial charge on any atom is 0.416 e. The average molecular weight is 393 g/mol. The molecule has 2 aromatic rings. The fourth-order valence-corrected chi connectivity index (χ4v) is 3.19. The van der Waals surface area contributed by atoms with Crippen LogP contribution in [0.15, 0.2) is 35.3 Å². The lowest BCUT2D eigenvalue weighted by Crippen LogP contribution is -2.18. The first-order valence-corrected chi connectivity index (χ1v) is 8.65. The van der Waals surface area contributed by atoms with Crippen molar-refractivity contribution >= 4 is 23.3 Å². The molecule has 1 saturated heterocycles. The van der Waals surface area contributed by atoms with E-state index < -0.39 is 28.1 Å². The predicted octanol–water partition coefficient (Wildman–Crippen LogP) is 4.98. The number of alkyl halides is 3. The van der Waals surface area contributed by atoms with Crippen molar-refractivity contribution in [1.82, 2.24) is 0 Å². The molecule has 0 spiro atoms. The van der Waals surface area contributed by atoms with E-state index in [2.05, 4.69) is 4.99 Å². The number of benzene rings is 2. The van der Waals surface area contributed by atoms with Gasteiger partial charge in [0.05, 0.1) is 21.9 Å². The van der Waals surface area contributed by atoms with Crippen molar-refractivity contribution < 1.29 is 23.2 Å². The van der Waals surface area contributed by atoms with Gasteiger partial charge >= 0.3 is 11.9 Å². The largest absolute Gasteiger partial charge is 0.502 e. The average Bonchev–Trinajstić information content (AvgIpc) is 3.15. The molecule has 0 aliphatic carbocycles. The van der Waals surface area contributed by atoms with Gasteiger partial charge in [-0.25, -0.2) is 0 Å². The molecule has 1 aliphatic rings. The number of anilines is 1. The molecule has 0 unspecified atom stereocenters. The lowest BCUT2D eigenvalue weighted by Gasteiger charge is -2.20. The van der Waals surface area contributed by atoms with Crippen molar-refractivity contribution in [2.75, 3.05) is 18.0 Å². The SMILES string of the molecule is Cc1cc(C=Nc2cc(C(F)(F)F)ccc2N2CCCC2)c(O)c([N+](=O)[O-])c1. The molecule has 0 aromatic heterocycles. The van der Waals surface area contributed by atoms with Gasteiger partial charge in [-0.15, -0.1) is 0 Å². The summed E-state index contributed by atoms with van der Waals surface area (Å²) in [6.07, 6.45) is -1.48. The Labute approximate surface area is 159 Å². The highest BCUT2D eigenvalue weighted by Crippen LogP contribution is 2.38. The summed E-state index contributed by atoms with van der Waals surface area (Å²) in [4.78, 5) is 16.4. The van der Waals surface area contributed by atoms with Crippen molar-refractivity contribution in [1.29, 1.82) is 0 Å². The highest BCUT2D eigenvalue weighted by Gasteiger charge is 2.31. The number of halogens is 3. The third-order valence-electron chi connectivity index (χ3n) is 4.55. The van der Waals surface area contributed by atoms with Gasteiger partial charge in [0.1, 0.15) is 0 Å². The zero-order valence-electron chi connectivity index (χ0n) is 15.0. The van der Waals surface area contributed by atoms with Crippen molar-refractivity contribution in [2.45, 2.75) is 25.9 Å². The summed E-state index contributed by atoms with van der Waals surface area (Å²) < 4.78 is 39.4. The molecule has 1 heterocycles. The minimum atomic E-state index is -4.52. The Bertz CT molecular complexity index is 936. The number of hydrogen-bond donors (Lipinski definition) is 1. The Balaban J connectivity index is 2.06. The lowest BCUT2D eigenvalue weighted by atomic mass is 10.1. The number of aromatic hydroxyl groups is 1. The van der Waals surface area contributed by atoms with Gasteiger partial charge in [0.25, 0.3) is 0 Å². The van der Waals surface area contributed by atoms with E-state index in [-0.39, 0.29) is 11.3 Å². The number of hydrogen-bond acceptors (Lipinski definition) is 5. The summed E-state index contributed by atoms with van der Waals surface area (Å²) in [6.45, 7) is 3.05. The van der Waals surface area contributed by atoms with E-state index in [1.54, 1.807) is 6.92 Å². The molecule has 1 N–H and O–H groups in total. The number of nitro benzene ring substituents is 1. The molecule has 1 aliphatic heterocycles. The molecule has 0 bridgehead atoms. The third-order valence-corrected chi connectivity index (χ3v) is 4.55. The number of phenolic OH excluding ortho intramolecular Hbond substituents is 1. The van der Waals surface area contributed by atoms with Crippen LogP contribution in [0.1, 0.15) is 29.5 Å². The van der Waals surface area contributed by atoms with Gasteiger partial charge in [-0.3, -0.25) is 15.1 Å². The fraction of sp³-hybridized carbons (Fsp3) is 0.316. The van der Waals surface area contributed by atoms with Crippen molar-refractivity contribution in [3.63, 3.8) is 0 Å². The van der Waals surface area contributed by atoms with E-state index in [0.29, 0.717) is 11.3 Å². The van der Waals surface area contributed by atoms with Gasteiger partial charge in [-0.2, -0.15) is 13.2 Å². The van der Waals surface area contributed by atoms with Gasteiger partial charge in [0, 0.05) is 30.9 Å². The number of nitro groups is 1. The molecule has 1 fully saturated rings. The van der Waals surface area contributed by atoms with Crippen LogP contribution in [0.2, 0.25) is 0 Å². The van der Waals surface area contributed by atoms with Crippen molar-refractivity contribution in [3.05, 3.63) is 57.1 Å². The summed E-state index contributed by atoms with van der Waals surface area (Å²) in [5.74, 6) is -0.575. The van der Waals surface area contributed by atoms with Crippen molar-refractivity contribution in [3.8, 4) is 5.75 Å². The number of aliphatic imine (C=N–C) groups is 1. The molecule has 6 nitrogen and oxygen atoms in total. The maximum atomic E-state index is 13.1. The Morgan fingerprint density at radius 1 is 1.21 bits per heavy atom. The predicted molar refractivity (Wildman–Crippen MR) is 99.6 cm³/mol. The second-order valence-corrected chi connectivity index (χ2v) is 6.63. The third kappa shape index (κ3) is 4.08. The summed E-state index contributed by atoms with van der Waals surface area (Å²) in [7, 11) is 0. The summed E-state index contributed by atoms with van der Waals surface area (Å²) in [6, 6.07) is 6.05. The van der Waals surface area contributed by atoms with E-state index in [9.17, 15) is 28.4 Å². The maximum absolute atomic E-state index is 13.1. The quantitative estimate of drug-likeness (QED) is 0.451. The van der Waals surface area contributed by atoms with Crippen LogP contribution in [0.3, 0.4) is 0 Å². The molecule has 0 amide bonds. The first kappa shape index (κ1) is 19.7. The Kier molecular flexibility index (Phi) is 5.26. The molecular formula is C19H18F3N3O3. The summed E-state index contributed by atoms with van der Waals surface area (Å²) >= 11 is 0. The topological polar surface area (TPSA) is 79.0 Å². The van der Waals surface area contributed by atoms with Crippen LogP contribution in [-0.4, -0.2) is 29.3 Å². The van der Waals surface area contributed by atoms with Crippen molar-refractivity contribution in [2.24, 2.45) is 4.99 Å². The van der Waals surface area contributed by atoms with Gasteiger partial charge in [0.15, 0.2) is 0 Å². The van der Waals surface area contributed by atoms with Crippen LogP contribution in [0.4, 0.5) is 30.2 Å². The molecule has 0 radical (unpaired) electrons. The first-order valence-electron chi connectivity index (χ1n) is 8.65. The van der Waals surface area contributed by atoms with Crippen LogP contribution in [0.5, 0.6) is 5.75 Å². The van der Waals surface area contributed by atoms with Crippen LogP contribution < -0.4 is 4.90 Å². The molecule has 148 valence electrons. The number of aryl methyl sites for hydroxylation is 1. The minimum Gasteiger partial charge on any atom is -0.502 e. The smallest absolute Gasteiger partial charge is 0.416 e. The van der Waals surface area contributed by atoms with Crippen LogP contribution in [0.25, 0.3) is 0 Å². The van der Waals surface area contributed by atoms with Gasteiger partial charge < -0.3 is 10.0 Å². The van der Waals surface area contributed by atoms with E-state index in [1.165, 1.54) is 18.2 Å². The monoisotopic (exact) mass is 393 g/mol. The molecule has 2 aromatic carbocycles. The second-order valence-electron chi connectivity index (χ2n) is 6.63. The summed E-state index contributed by atoms with van der Waals surface area (Å²) in [5, 5.41) is 21.2. The molecule has 9 heteroatoms. The molecule has 3 rings (SSSR count). The highest BCUT2D eigenvalue weighted by atomic mass is 19.4. The van der Waals surface area contributed by atoms with Gasteiger partial charge in [0.2, 0.25) is 5.75 Å². The summed E-state index contributed by atoms with van der Waals surface area (Å²) in [5.41, 5.74) is -0.0674. The van der Waals surface area contributed by atoms with E-state index >= 15 is 0 Å². The Hall–Kier alpha value is -3.10. The van der Waals surface area contributed by atoms with Crippen LogP contribution in [-0.2, 0) is 6.18 Å². The van der Waals surface area contributed by atoms with E-state index in [4.69, 9.17) is 0 Å². The van der Waals surface area contributed by atoms with Gasteiger partial charge in [-0.1, -0.05) is 0 Å². The molecule has 0 saturated carbocycles. The minimum absolute atomic E-state index is 0.0662. The molecular weight excluding hydrogens is 375 g/mol. The number of rotatable bonds is 4. The normalized spacial score (nSPS) is 14.8. The fourth-order valence-electron chi connectivity index (χ4n) is 3.19. The van der Waals surface area contributed by atoms with Crippen LogP contribution in [0, 0.1) is 17.0 Å². The molecule has 0 atom stereocenters. The zero-order valence-corrected chi connectivity index (χ0v) is 15.0. The Morgan fingerprint density at radius 2 is 1.89 bits per heavy atom. The lowest BCUT2D eigenvalue weighted by molar-refractivity contribution is -0.385. The van der Waals surface area contributed by atoms with E-state index in [0.717, 1.165) is 44.3 Å². The van der Waals surface area contributed by atoms with Crippen LogP contribution >= 0.6 is 0 Å². The number of nitrogens with zero attached hydrogens (tertiary/aromatic N) is 3. The second kappa shape index (κ2) is 7.49. The number of phenols is 1.